The minimum atomic E-state index is -0.265. The monoisotopic (exact) mass is 384 g/mol. The Hall–Kier alpha value is -1.06. The van der Waals surface area contributed by atoms with Crippen LogP contribution in [0.5, 0.6) is 0 Å². The number of esters is 2. The van der Waals surface area contributed by atoms with Crippen LogP contribution in [0.2, 0.25) is 0 Å². The number of methoxy groups -OCH3 is 1. The van der Waals surface area contributed by atoms with Crippen molar-refractivity contribution in [1.29, 1.82) is 0 Å². The summed E-state index contributed by atoms with van der Waals surface area (Å²) in [5, 5.41) is 0. The van der Waals surface area contributed by atoms with Gasteiger partial charge in [-0.25, -0.2) is 0 Å². The van der Waals surface area contributed by atoms with E-state index in [1.165, 1.54) is 71.3 Å². The summed E-state index contributed by atoms with van der Waals surface area (Å²) < 4.78 is 10.3. The first-order valence-corrected chi connectivity index (χ1v) is 11.4. The molecule has 0 aromatic rings. The molecule has 0 radical (unpaired) electrons. The Bertz CT molecular complexity index is 338. The second-order valence-corrected chi connectivity index (χ2v) is 7.65. The molecule has 0 N–H and O–H groups in total. The van der Waals surface area contributed by atoms with Gasteiger partial charge in [0.2, 0.25) is 0 Å². The Morgan fingerprint density at radius 1 is 0.630 bits per heavy atom. The molecule has 0 saturated carbocycles. The second kappa shape index (κ2) is 19.7. The van der Waals surface area contributed by atoms with Crippen LogP contribution < -0.4 is 0 Å². The van der Waals surface area contributed by atoms with Gasteiger partial charge in [0.25, 0.3) is 0 Å². The highest BCUT2D eigenvalue weighted by atomic mass is 16.5. The van der Waals surface area contributed by atoms with Gasteiger partial charge in [0.1, 0.15) is 6.10 Å². The van der Waals surface area contributed by atoms with Crippen molar-refractivity contribution in [3.05, 3.63) is 0 Å². The molecule has 4 nitrogen and oxygen atoms in total. The molecule has 0 aromatic carbocycles. The van der Waals surface area contributed by atoms with Gasteiger partial charge < -0.3 is 9.47 Å². The van der Waals surface area contributed by atoms with E-state index in [-0.39, 0.29) is 24.5 Å². The van der Waals surface area contributed by atoms with Gasteiger partial charge in [-0.2, -0.15) is 0 Å². The molecule has 0 saturated heterocycles. The van der Waals surface area contributed by atoms with Crippen LogP contribution in [0, 0.1) is 0 Å². The zero-order valence-corrected chi connectivity index (χ0v) is 18.2. The molecule has 0 aliphatic carbocycles. The van der Waals surface area contributed by atoms with E-state index in [1.54, 1.807) is 0 Å². The van der Waals surface area contributed by atoms with Gasteiger partial charge in [-0.05, 0) is 32.1 Å². The first kappa shape index (κ1) is 25.9. The molecule has 0 bridgehead atoms. The highest BCUT2D eigenvalue weighted by Gasteiger charge is 2.14. The number of ether oxygens (including phenoxy) is 2. The highest BCUT2D eigenvalue weighted by molar-refractivity contribution is 5.72. The van der Waals surface area contributed by atoms with Gasteiger partial charge >= 0.3 is 11.9 Å². The zero-order chi connectivity index (χ0) is 20.2. The van der Waals surface area contributed by atoms with Gasteiger partial charge in [0.05, 0.1) is 7.11 Å². The van der Waals surface area contributed by atoms with Gasteiger partial charge in [-0.1, -0.05) is 78.1 Å². The fraction of sp³-hybridized carbons (Fsp3) is 0.913. The summed E-state index contributed by atoms with van der Waals surface area (Å²) in [6, 6.07) is 0. The summed E-state index contributed by atoms with van der Waals surface area (Å²) in [4.78, 5) is 23.2. The fourth-order valence-corrected chi connectivity index (χ4v) is 3.29. The van der Waals surface area contributed by atoms with Crippen molar-refractivity contribution in [3.63, 3.8) is 0 Å². The molecule has 0 aromatic heterocycles. The lowest BCUT2D eigenvalue weighted by Gasteiger charge is -2.18. The van der Waals surface area contributed by atoms with Crippen molar-refractivity contribution in [2.75, 3.05) is 7.11 Å². The number of carbonyl (C=O) groups excluding carboxylic acids is 2. The summed E-state index contributed by atoms with van der Waals surface area (Å²) in [6.45, 7) is 4.46. The first-order chi connectivity index (χ1) is 13.1. The molecule has 0 fully saturated rings. The average Bonchev–Trinajstić information content (AvgIpc) is 2.66. The van der Waals surface area contributed by atoms with Crippen molar-refractivity contribution in [2.24, 2.45) is 0 Å². The number of hydrogen-bond donors (Lipinski definition) is 0. The molecule has 0 amide bonds. The Kier molecular flexibility index (Phi) is 18.9. The number of carbonyl (C=O) groups is 2. The minimum absolute atomic E-state index is 0.0491. The molecule has 0 aliphatic rings. The Balaban J connectivity index is 4.08. The molecule has 4 heteroatoms. The number of hydrogen-bond acceptors (Lipinski definition) is 4. The van der Waals surface area contributed by atoms with E-state index in [0.717, 1.165) is 25.7 Å². The lowest BCUT2D eigenvalue weighted by atomic mass is 10.0. The maximum atomic E-state index is 12.1. The minimum Gasteiger partial charge on any atom is -0.469 e. The third-order valence-electron chi connectivity index (χ3n) is 5.05. The van der Waals surface area contributed by atoms with Crippen molar-refractivity contribution >= 4 is 11.9 Å². The normalized spacial score (nSPS) is 11.0. The third-order valence-corrected chi connectivity index (χ3v) is 5.05. The highest BCUT2D eigenvalue weighted by Crippen LogP contribution is 2.17. The van der Waals surface area contributed by atoms with Crippen molar-refractivity contribution in [2.45, 2.75) is 129 Å². The predicted molar refractivity (Wildman–Crippen MR) is 112 cm³/mol. The first-order valence-electron chi connectivity index (χ1n) is 11.4. The summed E-state index contributed by atoms with van der Waals surface area (Å²) in [7, 11) is 1.37. The zero-order valence-electron chi connectivity index (χ0n) is 18.2. The fourth-order valence-electron chi connectivity index (χ4n) is 3.29. The summed E-state index contributed by atoms with van der Waals surface area (Å²) >= 11 is 0. The van der Waals surface area contributed by atoms with E-state index < -0.39 is 0 Å². The van der Waals surface area contributed by atoms with Crippen LogP contribution in [-0.2, 0) is 19.1 Å². The van der Waals surface area contributed by atoms with Crippen LogP contribution in [0.1, 0.15) is 123 Å². The Morgan fingerprint density at radius 2 is 1.07 bits per heavy atom. The van der Waals surface area contributed by atoms with E-state index in [2.05, 4.69) is 18.6 Å². The van der Waals surface area contributed by atoms with Gasteiger partial charge in [-0.3, -0.25) is 9.59 Å². The molecule has 0 rings (SSSR count). The van der Waals surface area contributed by atoms with E-state index in [9.17, 15) is 9.59 Å². The molecule has 160 valence electrons. The van der Waals surface area contributed by atoms with Gasteiger partial charge in [0, 0.05) is 12.8 Å². The molecular weight excluding hydrogens is 340 g/mol. The van der Waals surface area contributed by atoms with E-state index in [1.807, 2.05) is 0 Å². The standard InChI is InChI=1S/C23H44O4/c1-4-6-8-10-12-14-17-21(18-15-13-11-9-7-5-2)27-23(25)20-16-19-22(24)26-3/h21H,4-20H2,1-3H3. The molecule has 0 unspecified atom stereocenters. The smallest absolute Gasteiger partial charge is 0.306 e. The van der Waals surface area contributed by atoms with Crippen molar-refractivity contribution in [3.8, 4) is 0 Å². The van der Waals surface area contributed by atoms with Crippen molar-refractivity contribution < 1.29 is 19.1 Å². The predicted octanol–water partition coefficient (Wildman–Crippen LogP) is 6.74. The number of unbranched alkanes of at least 4 members (excludes halogenated alkanes) is 10. The van der Waals surface area contributed by atoms with Gasteiger partial charge in [0.15, 0.2) is 0 Å². The summed E-state index contributed by atoms with van der Waals surface area (Å²) in [6.07, 6.45) is 18.2. The van der Waals surface area contributed by atoms with Crippen LogP contribution >= 0.6 is 0 Å². The quantitative estimate of drug-likeness (QED) is 0.183. The summed E-state index contributed by atoms with van der Waals surface area (Å²) in [5.74, 6) is -0.431. The van der Waals surface area contributed by atoms with Crippen LogP contribution in [0.25, 0.3) is 0 Å². The largest absolute Gasteiger partial charge is 0.469 e. The van der Waals surface area contributed by atoms with E-state index >= 15 is 0 Å². The SMILES string of the molecule is CCCCCCCCC(CCCCCCCC)OC(=O)CCCC(=O)OC. The maximum Gasteiger partial charge on any atom is 0.306 e. The maximum absolute atomic E-state index is 12.1. The Morgan fingerprint density at radius 3 is 1.56 bits per heavy atom. The lowest BCUT2D eigenvalue weighted by Crippen LogP contribution is -2.18. The van der Waals surface area contributed by atoms with E-state index in [4.69, 9.17) is 4.74 Å². The molecule has 27 heavy (non-hydrogen) atoms. The van der Waals surface area contributed by atoms with Crippen LogP contribution in [0.4, 0.5) is 0 Å². The number of rotatable bonds is 19. The third kappa shape index (κ3) is 18.1. The Labute approximate surface area is 167 Å². The topological polar surface area (TPSA) is 52.6 Å². The van der Waals surface area contributed by atoms with Crippen LogP contribution in [-0.4, -0.2) is 25.2 Å². The van der Waals surface area contributed by atoms with Crippen LogP contribution in [0.15, 0.2) is 0 Å². The molecular formula is C23H44O4. The van der Waals surface area contributed by atoms with Crippen molar-refractivity contribution in [1.82, 2.24) is 0 Å². The molecule has 0 spiro atoms. The van der Waals surface area contributed by atoms with E-state index in [0.29, 0.717) is 12.8 Å². The average molecular weight is 385 g/mol. The second-order valence-electron chi connectivity index (χ2n) is 7.65. The molecule has 0 atom stereocenters. The van der Waals surface area contributed by atoms with Crippen LogP contribution in [0.3, 0.4) is 0 Å². The molecule has 0 aliphatic heterocycles. The molecule has 0 heterocycles. The van der Waals surface area contributed by atoms with Gasteiger partial charge in [-0.15, -0.1) is 0 Å². The summed E-state index contributed by atoms with van der Waals surface area (Å²) in [5.41, 5.74) is 0. The lowest BCUT2D eigenvalue weighted by molar-refractivity contribution is -0.150.